The van der Waals surface area contributed by atoms with Gasteiger partial charge in [-0.05, 0) is 30.3 Å². The number of aromatic amines is 1. The molecule has 0 spiro atoms. The van der Waals surface area contributed by atoms with Gasteiger partial charge in [-0.3, -0.25) is 0 Å². The van der Waals surface area contributed by atoms with E-state index in [1.54, 1.807) is 18.2 Å². The second-order valence-corrected chi connectivity index (χ2v) is 3.91. The average Bonchev–Trinajstić information content (AvgIpc) is 2.82. The maximum Gasteiger partial charge on any atom is 0.335 e. The summed E-state index contributed by atoms with van der Waals surface area (Å²) in [5.74, 6) is -0.903. The number of nitrogens with one attached hydrogen (secondary N) is 1. The van der Waals surface area contributed by atoms with Crippen LogP contribution in [0.2, 0.25) is 0 Å². The van der Waals surface area contributed by atoms with E-state index in [4.69, 9.17) is 5.11 Å². The SMILES string of the molecule is CN(Cc1ccc[nH]1)c1cccc(C(=O)O)c1. The van der Waals surface area contributed by atoms with Gasteiger partial charge in [-0.1, -0.05) is 6.07 Å². The Labute approximate surface area is 99.5 Å². The Bertz CT molecular complexity index is 506. The highest BCUT2D eigenvalue weighted by atomic mass is 16.4. The van der Waals surface area contributed by atoms with Gasteiger partial charge in [0.1, 0.15) is 0 Å². The number of aromatic nitrogens is 1. The van der Waals surface area contributed by atoms with E-state index in [0.717, 1.165) is 17.9 Å². The first-order valence-corrected chi connectivity index (χ1v) is 5.33. The molecule has 0 saturated carbocycles. The van der Waals surface area contributed by atoms with Crippen LogP contribution in [0.1, 0.15) is 16.1 Å². The Morgan fingerprint density at radius 3 is 2.82 bits per heavy atom. The minimum absolute atomic E-state index is 0.306. The Hall–Kier alpha value is -2.23. The first-order valence-electron chi connectivity index (χ1n) is 5.33. The molecular weight excluding hydrogens is 216 g/mol. The van der Waals surface area contributed by atoms with Crippen molar-refractivity contribution in [2.45, 2.75) is 6.54 Å². The van der Waals surface area contributed by atoms with Crippen molar-refractivity contribution in [3.05, 3.63) is 53.9 Å². The van der Waals surface area contributed by atoms with Gasteiger partial charge in [-0.25, -0.2) is 4.79 Å². The monoisotopic (exact) mass is 230 g/mol. The number of hydrogen-bond donors (Lipinski definition) is 2. The van der Waals surface area contributed by atoms with Gasteiger partial charge in [0, 0.05) is 24.6 Å². The Kier molecular flexibility index (Phi) is 3.14. The highest BCUT2D eigenvalue weighted by Gasteiger charge is 2.06. The first kappa shape index (κ1) is 11.3. The van der Waals surface area contributed by atoms with E-state index in [0.29, 0.717) is 5.56 Å². The van der Waals surface area contributed by atoms with Crippen LogP contribution in [0.3, 0.4) is 0 Å². The second-order valence-electron chi connectivity index (χ2n) is 3.91. The normalized spacial score (nSPS) is 10.2. The lowest BCUT2D eigenvalue weighted by atomic mass is 10.2. The fourth-order valence-electron chi connectivity index (χ4n) is 1.69. The van der Waals surface area contributed by atoms with Gasteiger partial charge in [0.2, 0.25) is 0 Å². The van der Waals surface area contributed by atoms with E-state index in [-0.39, 0.29) is 0 Å². The lowest BCUT2D eigenvalue weighted by Gasteiger charge is -2.18. The van der Waals surface area contributed by atoms with Crippen molar-refractivity contribution in [1.29, 1.82) is 0 Å². The van der Waals surface area contributed by atoms with E-state index < -0.39 is 5.97 Å². The van der Waals surface area contributed by atoms with E-state index in [2.05, 4.69) is 4.98 Å². The molecule has 0 aliphatic carbocycles. The molecule has 0 aliphatic heterocycles. The van der Waals surface area contributed by atoms with Crippen LogP contribution in [0.15, 0.2) is 42.6 Å². The molecule has 2 rings (SSSR count). The van der Waals surface area contributed by atoms with Crippen molar-refractivity contribution in [2.24, 2.45) is 0 Å². The van der Waals surface area contributed by atoms with Crippen LogP contribution in [0.5, 0.6) is 0 Å². The molecule has 1 aromatic carbocycles. The maximum absolute atomic E-state index is 10.9. The summed E-state index contributed by atoms with van der Waals surface area (Å²) in [6.07, 6.45) is 1.87. The van der Waals surface area contributed by atoms with Crippen LogP contribution in [0, 0.1) is 0 Å². The summed E-state index contributed by atoms with van der Waals surface area (Å²) in [5, 5.41) is 8.92. The maximum atomic E-state index is 10.9. The molecule has 2 aromatic rings. The molecule has 0 fully saturated rings. The van der Waals surface area contributed by atoms with Crippen LogP contribution in [0.25, 0.3) is 0 Å². The van der Waals surface area contributed by atoms with Crippen LogP contribution in [0.4, 0.5) is 5.69 Å². The smallest absolute Gasteiger partial charge is 0.335 e. The number of H-pyrrole nitrogens is 1. The third kappa shape index (κ3) is 2.66. The molecule has 0 unspecified atom stereocenters. The van der Waals surface area contributed by atoms with Crippen molar-refractivity contribution >= 4 is 11.7 Å². The van der Waals surface area contributed by atoms with Crippen molar-refractivity contribution in [1.82, 2.24) is 4.98 Å². The quantitative estimate of drug-likeness (QED) is 0.847. The third-order valence-corrected chi connectivity index (χ3v) is 2.60. The van der Waals surface area contributed by atoms with Gasteiger partial charge < -0.3 is 15.0 Å². The molecule has 0 bridgehead atoms. The van der Waals surface area contributed by atoms with Gasteiger partial charge in [0.25, 0.3) is 0 Å². The number of carbonyl (C=O) groups is 1. The summed E-state index contributed by atoms with van der Waals surface area (Å²) < 4.78 is 0. The molecule has 17 heavy (non-hydrogen) atoms. The number of carboxylic acid groups (broad SMARTS) is 1. The average molecular weight is 230 g/mol. The summed E-state index contributed by atoms with van der Waals surface area (Å²) in [4.78, 5) is 16.0. The minimum atomic E-state index is -0.903. The number of benzene rings is 1. The lowest BCUT2D eigenvalue weighted by Crippen LogP contribution is -2.17. The van der Waals surface area contributed by atoms with Crippen LogP contribution < -0.4 is 4.90 Å². The number of hydrogen-bond acceptors (Lipinski definition) is 2. The zero-order valence-corrected chi connectivity index (χ0v) is 9.55. The Morgan fingerprint density at radius 2 is 2.18 bits per heavy atom. The molecule has 2 N–H and O–H groups in total. The third-order valence-electron chi connectivity index (χ3n) is 2.60. The molecule has 4 heteroatoms. The molecule has 1 aromatic heterocycles. The molecular formula is C13H14N2O2. The summed E-state index contributed by atoms with van der Waals surface area (Å²) in [5.41, 5.74) is 2.29. The van der Waals surface area contributed by atoms with E-state index in [1.165, 1.54) is 0 Å². The second kappa shape index (κ2) is 4.74. The highest BCUT2D eigenvalue weighted by Crippen LogP contribution is 2.16. The largest absolute Gasteiger partial charge is 0.478 e. The molecule has 0 saturated heterocycles. The van der Waals surface area contributed by atoms with Crippen LogP contribution in [-0.4, -0.2) is 23.1 Å². The Morgan fingerprint density at radius 1 is 1.35 bits per heavy atom. The predicted octanol–water partition coefficient (Wildman–Crippen LogP) is 2.35. The summed E-state index contributed by atoms with van der Waals surface area (Å²) in [7, 11) is 1.93. The zero-order chi connectivity index (χ0) is 12.3. The molecule has 0 radical (unpaired) electrons. The fraction of sp³-hybridized carbons (Fsp3) is 0.154. The van der Waals surface area contributed by atoms with E-state index in [1.807, 2.05) is 36.3 Å². The van der Waals surface area contributed by atoms with Gasteiger partial charge in [-0.15, -0.1) is 0 Å². The zero-order valence-electron chi connectivity index (χ0n) is 9.55. The molecule has 1 heterocycles. The van der Waals surface area contributed by atoms with Crippen LogP contribution in [-0.2, 0) is 6.54 Å². The summed E-state index contributed by atoms with van der Waals surface area (Å²) in [6.45, 7) is 0.718. The highest BCUT2D eigenvalue weighted by molar-refractivity contribution is 5.88. The molecule has 4 nitrogen and oxygen atoms in total. The number of anilines is 1. The number of carboxylic acids is 1. The Balaban J connectivity index is 2.16. The molecule has 0 atom stereocenters. The van der Waals surface area contributed by atoms with Crippen molar-refractivity contribution in [3.8, 4) is 0 Å². The minimum Gasteiger partial charge on any atom is -0.478 e. The number of aromatic carboxylic acids is 1. The predicted molar refractivity (Wildman–Crippen MR) is 66.3 cm³/mol. The van der Waals surface area contributed by atoms with Crippen molar-refractivity contribution in [2.75, 3.05) is 11.9 Å². The fourth-order valence-corrected chi connectivity index (χ4v) is 1.69. The lowest BCUT2D eigenvalue weighted by molar-refractivity contribution is 0.0697. The van der Waals surface area contributed by atoms with E-state index >= 15 is 0 Å². The van der Waals surface area contributed by atoms with Gasteiger partial charge >= 0.3 is 5.97 Å². The first-order chi connectivity index (χ1) is 8.16. The molecule has 88 valence electrons. The number of rotatable bonds is 4. The molecule has 0 aliphatic rings. The number of nitrogens with zero attached hydrogens (tertiary/aromatic N) is 1. The van der Waals surface area contributed by atoms with Gasteiger partial charge in [-0.2, -0.15) is 0 Å². The standard InChI is InChI=1S/C13H14N2O2/c1-15(9-11-5-3-7-14-11)12-6-2-4-10(8-12)13(16)17/h2-8,14H,9H2,1H3,(H,16,17). The summed E-state index contributed by atoms with van der Waals surface area (Å²) >= 11 is 0. The van der Waals surface area contributed by atoms with Crippen LogP contribution >= 0.6 is 0 Å². The van der Waals surface area contributed by atoms with Gasteiger partial charge in [0.15, 0.2) is 0 Å². The molecule has 0 amide bonds. The van der Waals surface area contributed by atoms with Crippen molar-refractivity contribution < 1.29 is 9.90 Å². The van der Waals surface area contributed by atoms with E-state index in [9.17, 15) is 4.79 Å². The van der Waals surface area contributed by atoms with Crippen molar-refractivity contribution in [3.63, 3.8) is 0 Å². The van der Waals surface area contributed by atoms with Gasteiger partial charge in [0.05, 0.1) is 12.1 Å². The summed E-state index contributed by atoms with van der Waals surface area (Å²) in [6, 6.07) is 10.9. The topological polar surface area (TPSA) is 56.3 Å².